The van der Waals surface area contributed by atoms with Gasteiger partial charge < -0.3 is 24.4 Å². The maximum atomic E-state index is 12.6. The number of phenolic OH excluding ortho intramolecular Hbond substituents is 2. The summed E-state index contributed by atoms with van der Waals surface area (Å²) in [5.74, 6) is 2.30. The van der Waals surface area contributed by atoms with Crippen molar-refractivity contribution in [3.05, 3.63) is 211 Å². The van der Waals surface area contributed by atoms with Crippen molar-refractivity contribution in [1.29, 1.82) is 0 Å². The zero-order valence-corrected chi connectivity index (χ0v) is 30.7. The van der Waals surface area contributed by atoms with Gasteiger partial charge in [0.2, 0.25) is 0 Å². The fraction of sp³-hybridized carbons (Fsp3) is 0.0588. The molecule has 5 nitrogen and oxygen atoms in total. The molecule has 0 amide bonds. The number of ether oxygens (including phenoxy) is 3. The van der Waals surface area contributed by atoms with Gasteiger partial charge in [0.05, 0.1) is 0 Å². The molecule has 0 bridgehead atoms. The van der Waals surface area contributed by atoms with E-state index < -0.39 is 0 Å². The Balaban J connectivity index is 1.30. The number of para-hydroxylation sites is 1. The first-order valence-electron chi connectivity index (χ1n) is 18.6. The van der Waals surface area contributed by atoms with Crippen LogP contribution in [0.3, 0.4) is 0 Å². The van der Waals surface area contributed by atoms with E-state index in [4.69, 9.17) is 14.2 Å². The van der Waals surface area contributed by atoms with Crippen LogP contribution in [-0.4, -0.2) is 10.2 Å². The lowest BCUT2D eigenvalue weighted by molar-refractivity contribution is 0.306. The number of hydrogen-bond donors (Lipinski definition) is 2. The largest absolute Gasteiger partial charge is 0.508 e. The Morgan fingerprint density at radius 3 is 1.48 bits per heavy atom. The van der Waals surface area contributed by atoms with Gasteiger partial charge in [-0.3, -0.25) is 0 Å². The van der Waals surface area contributed by atoms with Crippen molar-refractivity contribution in [2.75, 3.05) is 0 Å². The molecule has 8 aromatic carbocycles. The van der Waals surface area contributed by atoms with E-state index in [1.807, 2.05) is 182 Å². The van der Waals surface area contributed by atoms with Gasteiger partial charge in [0, 0.05) is 22.3 Å². The average Bonchev–Trinajstić information content (AvgIpc) is 3.26. The highest BCUT2D eigenvalue weighted by Crippen LogP contribution is 2.52. The summed E-state index contributed by atoms with van der Waals surface area (Å²) in [6.45, 7) is 1.22. The molecule has 0 aromatic heterocycles. The van der Waals surface area contributed by atoms with Crippen molar-refractivity contribution >= 4 is 0 Å². The molecule has 5 heteroatoms. The summed E-state index contributed by atoms with van der Waals surface area (Å²) in [6, 6.07) is 63.0. The van der Waals surface area contributed by atoms with E-state index in [0.717, 1.165) is 55.8 Å². The highest BCUT2D eigenvalue weighted by Gasteiger charge is 2.25. The van der Waals surface area contributed by atoms with Crippen LogP contribution in [0.15, 0.2) is 194 Å². The SMILES string of the molecule is Oc1ccc(-c2cc(-c3ccc(OCc4ccccc4)cc3)c(-c3cccc(OCc4ccccc4)c3)c(-c3ccccc3OCc3ccccc3)c2O)cc1. The van der Waals surface area contributed by atoms with E-state index in [-0.39, 0.29) is 11.5 Å². The van der Waals surface area contributed by atoms with E-state index in [1.165, 1.54) is 0 Å². The van der Waals surface area contributed by atoms with Crippen LogP contribution < -0.4 is 14.2 Å². The minimum Gasteiger partial charge on any atom is -0.508 e. The van der Waals surface area contributed by atoms with E-state index in [2.05, 4.69) is 0 Å². The van der Waals surface area contributed by atoms with Crippen LogP contribution in [0.5, 0.6) is 28.7 Å². The first-order chi connectivity index (χ1) is 27.6. The summed E-state index contributed by atoms with van der Waals surface area (Å²) in [5.41, 5.74) is 9.35. The second-order valence-corrected chi connectivity index (χ2v) is 13.5. The van der Waals surface area contributed by atoms with Crippen LogP contribution in [0.1, 0.15) is 16.7 Å². The van der Waals surface area contributed by atoms with Crippen LogP contribution in [0, 0.1) is 0 Å². The second kappa shape index (κ2) is 16.8. The fourth-order valence-corrected chi connectivity index (χ4v) is 6.81. The monoisotopic (exact) mass is 732 g/mol. The quantitative estimate of drug-likeness (QED) is 0.124. The summed E-state index contributed by atoms with van der Waals surface area (Å²) in [6.07, 6.45) is 0. The molecule has 0 saturated carbocycles. The Morgan fingerprint density at radius 2 is 0.857 bits per heavy atom. The van der Waals surface area contributed by atoms with Crippen LogP contribution in [0.2, 0.25) is 0 Å². The van der Waals surface area contributed by atoms with Crippen LogP contribution in [0.25, 0.3) is 44.5 Å². The zero-order valence-electron chi connectivity index (χ0n) is 30.7. The molecule has 0 spiro atoms. The van der Waals surface area contributed by atoms with Crippen LogP contribution in [0.4, 0.5) is 0 Å². The molecule has 8 rings (SSSR count). The second-order valence-electron chi connectivity index (χ2n) is 13.5. The van der Waals surface area contributed by atoms with Gasteiger partial charge in [-0.05, 0) is 87.5 Å². The number of rotatable bonds is 13. The van der Waals surface area contributed by atoms with Crippen molar-refractivity contribution in [3.63, 3.8) is 0 Å². The molecule has 0 heterocycles. The standard InChI is InChI=1S/C51H40O5/c52-42-27-23-40(24-28-42)47-32-46(39-25-29-43(30-26-39)54-33-36-13-4-1-5-14-36)49(41-19-12-20-44(31-41)55-34-37-15-6-2-7-16-37)50(51(47)53)45-21-10-11-22-48(45)56-35-38-17-8-3-9-18-38/h1-32,52-53H,33-35H2. The molecule has 0 saturated heterocycles. The minimum atomic E-state index is 0.0867. The maximum absolute atomic E-state index is 12.6. The summed E-state index contributed by atoms with van der Waals surface area (Å²) < 4.78 is 19.1. The lowest BCUT2D eigenvalue weighted by atomic mass is 9.83. The van der Waals surface area contributed by atoms with Gasteiger partial charge in [-0.1, -0.05) is 146 Å². The molecule has 0 aliphatic heterocycles. The third-order valence-electron chi connectivity index (χ3n) is 9.66. The lowest BCUT2D eigenvalue weighted by Gasteiger charge is -2.23. The molecular formula is C51H40O5. The first kappa shape index (κ1) is 35.8. The van der Waals surface area contributed by atoms with Gasteiger partial charge in [0.15, 0.2) is 0 Å². The van der Waals surface area contributed by atoms with Crippen molar-refractivity contribution in [3.8, 4) is 73.3 Å². The van der Waals surface area contributed by atoms with Crippen molar-refractivity contribution in [1.82, 2.24) is 0 Å². The summed E-state index contributed by atoms with van der Waals surface area (Å²) in [5, 5.41) is 22.8. The lowest BCUT2D eigenvalue weighted by Crippen LogP contribution is -2.00. The normalized spacial score (nSPS) is 10.9. The molecule has 0 radical (unpaired) electrons. The molecule has 56 heavy (non-hydrogen) atoms. The Kier molecular flexibility index (Phi) is 10.8. The Hall–Kier alpha value is -7.24. The van der Waals surface area contributed by atoms with Gasteiger partial charge in [-0.2, -0.15) is 0 Å². The van der Waals surface area contributed by atoms with Crippen molar-refractivity contribution in [2.45, 2.75) is 19.8 Å². The highest BCUT2D eigenvalue weighted by atomic mass is 16.5. The van der Waals surface area contributed by atoms with E-state index in [9.17, 15) is 10.2 Å². The van der Waals surface area contributed by atoms with Gasteiger partial charge >= 0.3 is 0 Å². The number of benzene rings is 8. The third kappa shape index (κ3) is 8.28. The Bertz CT molecular complexity index is 2520. The highest BCUT2D eigenvalue weighted by molar-refractivity contribution is 6.03. The van der Waals surface area contributed by atoms with Gasteiger partial charge in [0.1, 0.15) is 48.6 Å². The topological polar surface area (TPSA) is 68.2 Å². The maximum Gasteiger partial charge on any atom is 0.132 e. The van der Waals surface area contributed by atoms with Gasteiger partial charge in [-0.15, -0.1) is 0 Å². The summed E-state index contributed by atoms with van der Waals surface area (Å²) in [7, 11) is 0. The summed E-state index contributed by atoms with van der Waals surface area (Å²) in [4.78, 5) is 0. The van der Waals surface area contributed by atoms with Crippen molar-refractivity contribution < 1.29 is 24.4 Å². The Morgan fingerprint density at radius 1 is 0.339 bits per heavy atom. The van der Waals surface area contributed by atoms with Gasteiger partial charge in [0.25, 0.3) is 0 Å². The number of hydrogen-bond acceptors (Lipinski definition) is 5. The number of phenols is 2. The van der Waals surface area contributed by atoms with E-state index in [0.29, 0.717) is 42.4 Å². The molecule has 0 atom stereocenters. The zero-order chi connectivity index (χ0) is 38.1. The third-order valence-corrected chi connectivity index (χ3v) is 9.66. The predicted octanol–water partition coefficient (Wildman–Crippen LogP) is 12.5. The van der Waals surface area contributed by atoms with E-state index >= 15 is 0 Å². The first-order valence-corrected chi connectivity index (χ1v) is 18.6. The van der Waals surface area contributed by atoms with Gasteiger partial charge in [-0.25, -0.2) is 0 Å². The molecule has 0 fully saturated rings. The molecule has 8 aromatic rings. The molecule has 0 unspecified atom stereocenters. The smallest absolute Gasteiger partial charge is 0.132 e. The Labute approximate surface area is 327 Å². The predicted molar refractivity (Wildman–Crippen MR) is 224 cm³/mol. The molecule has 2 N–H and O–H groups in total. The van der Waals surface area contributed by atoms with Crippen LogP contribution in [-0.2, 0) is 19.8 Å². The molecule has 0 aliphatic rings. The molecule has 0 aliphatic carbocycles. The fourth-order valence-electron chi connectivity index (χ4n) is 6.81. The number of aromatic hydroxyl groups is 2. The van der Waals surface area contributed by atoms with Crippen molar-refractivity contribution in [2.24, 2.45) is 0 Å². The van der Waals surface area contributed by atoms with E-state index in [1.54, 1.807) is 12.1 Å². The summed E-state index contributed by atoms with van der Waals surface area (Å²) >= 11 is 0. The molecule has 274 valence electrons. The van der Waals surface area contributed by atoms with Crippen LogP contribution >= 0.6 is 0 Å². The minimum absolute atomic E-state index is 0.0867. The average molecular weight is 733 g/mol. The molecular weight excluding hydrogens is 693 g/mol.